The Kier molecular flexibility index (Phi) is 4.93. The number of sulfonamides is 1. The Bertz CT molecular complexity index is 1250. The highest BCUT2D eigenvalue weighted by atomic mass is 32.2. The fourth-order valence-electron chi connectivity index (χ4n) is 3.06. The third-order valence-corrected chi connectivity index (χ3v) is 6.15. The molecule has 1 atom stereocenters. The molecular formula is C20H21N5O3S. The summed E-state index contributed by atoms with van der Waals surface area (Å²) >= 11 is 0. The minimum atomic E-state index is -3.72. The Balaban J connectivity index is 1.64. The topological polar surface area (TPSA) is 103 Å². The predicted octanol–water partition coefficient (Wildman–Crippen LogP) is 3.30. The summed E-state index contributed by atoms with van der Waals surface area (Å²) < 4.78 is 35.5. The molecule has 150 valence electrons. The van der Waals surface area contributed by atoms with E-state index in [9.17, 15) is 8.42 Å². The van der Waals surface area contributed by atoms with Crippen LogP contribution in [0.5, 0.6) is 0 Å². The lowest BCUT2D eigenvalue weighted by molar-refractivity contribution is 0.311. The fraction of sp³-hybridized carbons (Fsp3) is 0.250. The molecule has 4 rings (SSSR count). The van der Waals surface area contributed by atoms with Crippen LogP contribution in [0, 0.1) is 5.92 Å². The molecule has 0 amide bonds. The maximum absolute atomic E-state index is 12.7. The van der Waals surface area contributed by atoms with E-state index in [1.165, 1.54) is 0 Å². The SMILES string of the molecule is CC(C)C(NS(=O)(=O)c1ccccc1)c1nc(-c2ccc3c(c2)ncn3C)no1. The van der Waals surface area contributed by atoms with Gasteiger partial charge in [0.2, 0.25) is 21.7 Å². The summed E-state index contributed by atoms with van der Waals surface area (Å²) in [5.41, 5.74) is 2.56. The third kappa shape index (κ3) is 3.79. The van der Waals surface area contributed by atoms with Crippen molar-refractivity contribution in [2.45, 2.75) is 24.8 Å². The van der Waals surface area contributed by atoms with Crippen LogP contribution >= 0.6 is 0 Å². The number of imidazole rings is 1. The zero-order valence-electron chi connectivity index (χ0n) is 16.3. The summed E-state index contributed by atoms with van der Waals surface area (Å²) in [5.74, 6) is 0.507. The van der Waals surface area contributed by atoms with E-state index in [0.29, 0.717) is 5.82 Å². The summed E-state index contributed by atoms with van der Waals surface area (Å²) in [4.78, 5) is 8.98. The van der Waals surface area contributed by atoms with E-state index in [1.807, 2.05) is 43.7 Å². The highest BCUT2D eigenvalue weighted by Gasteiger charge is 2.28. The summed E-state index contributed by atoms with van der Waals surface area (Å²) in [6.45, 7) is 3.78. The first-order chi connectivity index (χ1) is 13.8. The van der Waals surface area contributed by atoms with Crippen molar-refractivity contribution in [1.29, 1.82) is 0 Å². The lowest BCUT2D eigenvalue weighted by Crippen LogP contribution is -2.32. The van der Waals surface area contributed by atoms with Crippen LogP contribution in [0.3, 0.4) is 0 Å². The molecule has 0 radical (unpaired) electrons. The average Bonchev–Trinajstić information content (AvgIpc) is 3.34. The van der Waals surface area contributed by atoms with Crippen molar-refractivity contribution in [3.05, 3.63) is 60.7 Å². The lowest BCUT2D eigenvalue weighted by atomic mass is 10.1. The van der Waals surface area contributed by atoms with Gasteiger partial charge in [0.15, 0.2) is 0 Å². The molecule has 1 N–H and O–H groups in total. The van der Waals surface area contributed by atoms with E-state index in [4.69, 9.17) is 4.52 Å². The normalized spacial score (nSPS) is 13.2. The molecule has 4 aromatic rings. The number of nitrogens with zero attached hydrogens (tertiary/aromatic N) is 4. The molecule has 0 fully saturated rings. The number of fused-ring (bicyclic) bond motifs is 1. The van der Waals surface area contributed by atoms with E-state index in [2.05, 4.69) is 19.8 Å². The van der Waals surface area contributed by atoms with E-state index in [0.717, 1.165) is 16.6 Å². The average molecular weight is 411 g/mol. The van der Waals surface area contributed by atoms with Crippen molar-refractivity contribution in [2.75, 3.05) is 0 Å². The molecule has 8 nitrogen and oxygen atoms in total. The maximum atomic E-state index is 12.7. The molecule has 1 unspecified atom stereocenters. The van der Waals surface area contributed by atoms with Crippen molar-refractivity contribution in [2.24, 2.45) is 13.0 Å². The van der Waals surface area contributed by atoms with Gasteiger partial charge in [0.1, 0.15) is 6.04 Å². The van der Waals surface area contributed by atoms with Gasteiger partial charge < -0.3 is 9.09 Å². The van der Waals surface area contributed by atoms with Crippen LogP contribution in [0.2, 0.25) is 0 Å². The van der Waals surface area contributed by atoms with E-state index < -0.39 is 16.1 Å². The molecule has 0 aliphatic heterocycles. The Morgan fingerprint density at radius 2 is 1.86 bits per heavy atom. The number of benzene rings is 2. The predicted molar refractivity (Wildman–Crippen MR) is 108 cm³/mol. The number of hydrogen-bond acceptors (Lipinski definition) is 6. The third-order valence-electron chi connectivity index (χ3n) is 4.69. The lowest BCUT2D eigenvalue weighted by Gasteiger charge is -2.18. The van der Waals surface area contributed by atoms with Crippen molar-refractivity contribution in [3.8, 4) is 11.4 Å². The molecule has 2 aromatic heterocycles. The van der Waals surface area contributed by atoms with Gasteiger partial charge in [-0.05, 0) is 36.2 Å². The van der Waals surface area contributed by atoms with Crippen molar-refractivity contribution < 1.29 is 12.9 Å². The Labute approximate surface area is 168 Å². The second-order valence-corrected chi connectivity index (χ2v) is 8.89. The highest BCUT2D eigenvalue weighted by Crippen LogP contribution is 2.27. The number of nitrogens with one attached hydrogen (secondary N) is 1. The summed E-state index contributed by atoms with van der Waals surface area (Å²) in [6, 6.07) is 13.3. The van der Waals surface area contributed by atoms with Gasteiger partial charge in [-0.25, -0.2) is 13.4 Å². The van der Waals surface area contributed by atoms with Gasteiger partial charge in [0.25, 0.3) is 0 Å². The van der Waals surface area contributed by atoms with E-state index in [1.54, 1.807) is 36.7 Å². The fourth-order valence-corrected chi connectivity index (χ4v) is 4.42. The standard InChI is InChI=1S/C20H21N5O3S/c1-13(2)18(24-29(26,27)15-7-5-4-6-8-15)20-22-19(23-28-20)14-9-10-17-16(11-14)21-12-25(17)3/h4-13,18,24H,1-3H3. The molecule has 2 heterocycles. The quantitative estimate of drug-likeness (QED) is 0.522. The molecule has 0 bridgehead atoms. The minimum Gasteiger partial charge on any atom is -0.337 e. The van der Waals surface area contributed by atoms with Crippen LogP contribution in [-0.2, 0) is 17.1 Å². The van der Waals surface area contributed by atoms with Crippen molar-refractivity contribution in [1.82, 2.24) is 24.4 Å². The number of aryl methyl sites for hydroxylation is 1. The Hall–Kier alpha value is -3.04. The summed E-state index contributed by atoms with van der Waals surface area (Å²) in [6.07, 6.45) is 1.74. The van der Waals surface area contributed by atoms with Gasteiger partial charge in [0.05, 0.1) is 22.3 Å². The summed E-state index contributed by atoms with van der Waals surface area (Å²) in [5, 5.41) is 4.05. The molecular weight excluding hydrogens is 390 g/mol. The number of rotatable bonds is 6. The molecule has 0 aliphatic carbocycles. The van der Waals surface area contributed by atoms with Gasteiger partial charge in [-0.15, -0.1) is 0 Å². The number of hydrogen-bond donors (Lipinski definition) is 1. The smallest absolute Gasteiger partial charge is 0.245 e. The zero-order chi connectivity index (χ0) is 20.6. The second kappa shape index (κ2) is 7.41. The molecule has 0 saturated heterocycles. The van der Waals surface area contributed by atoms with Crippen LogP contribution in [0.4, 0.5) is 0 Å². The van der Waals surface area contributed by atoms with Crippen molar-refractivity contribution in [3.63, 3.8) is 0 Å². The van der Waals surface area contributed by atoms with E-state index in [-0.39, 0.29) is 16.7 Å². The van der Waals surface area contributed by atoms with Crippen LogP contribution in [0.15, 0.2) is 64.3 Å². The van der Waals surface area contributed by atoms with Gasteiger partial charge in [-0.3, -0.25) is 0 Å². The van der Waals surface area contributed by atoms with Gasteiger partial charge in [-0.1, -0.05) is 37.2 Å². The van der Waals surface area contributed by atoms with Crippen LogP contribution in [0.1, 0.15) is 25.8 Å². The first-order valence-electron chi connectivity index (χ1n) is 9.17. The second-order valence-electron chi connectivity index (χ2n) is 7.17. The van der Waals surface area contributed by atoms with Crippen LogP contribution < -0.4 is 4.72 Å². The molecule has 0 spiro atoms. The number of aromatic nitrogens is 4. The van der Waals surface area contributed by atoms with Gasteiger partial charge in [0, 0.05) is 12.6 Å². The van der Waals surface area contributed by atoms with E-state index >= 15 is 0 Å². The monoisotopic (exact) mass is 411 g/mol. The Morgan fingerprint density at radius 3 is 2.59 bits per heavy atom. The molecule has 2 aromatic carbocycles. The molecule has 0 aliphatic rings. The van der Waals surface area contributed by atoms with Gasteiger partial charge >= 0.3 is 0 Å². The highest BCUT2D eigenvalue weighted by molar-refractivity contribution is 7.89. The first-order valence-corrected chi connectivity index (χ1v) is 10.7. The van der Waals surface area contributed by atoms with Crippen LogP contribution in [0.25, 0.3) is 22.4 Å². The molecule has 0 saturated carbocycles. The van der Waals surface area contributed by atoms with Gasteiger partial charge in [-0.2, -0.15) is 9.71 Å². The first kappa shape index (κ1) is 19.3. The van der Waals surface area contributed by atoms with Crippen molar-refractivity contribution >= 4 is 21.1 Å². The maximum Gasteiger partial charge on any atom is 0.245 e. The zero-order valence-corrected chi connectivity index (χ0v) is 17.1. The molecule has 9 heteroatoms. The minimum absolute atomic E-state index is 0.0972. The largest absolute Gasteiger partial charge is 0.337 e. The van der Waals surface area contributed by atoms with Crippen LogP contribution in [-0.4, -0.2) is 28.1 Å². The Morgan fingerprint density at radius 1 is 1.10 bits per heavy atom. The molecule has 29 heavy (non-hydrogen) atoms. The summed E-state index contributed by atoms with van der Waals surface area (Å²) in [7, 11) is -1.80.